The van der Waals surface area contributed by atoms with Crippen LogP contribution in [0.25, 0.3) is 33.3 Å². The Kier molecular flexibility index (Phi) is 5.21. The van der Waals surface area contributed by atoms with E-state index in [1.807, 2.05) is 6.07 Å². The van der Waals surface area contributed by atoms with E-state index in [-0.39, 0.29) is 27.4 Å². The molecule has 0 bridgehead atoms. The molecule has 0 spiro atoms. The summed E-state index contributed by atoms with van der Waals surface area (Å²) in [6.07, 6.45) is -1.90. The smallest absolute Gasteiger partial charge is 0.280 e. The van der Waals surface area contributed by atoms with Gasteiger partial charge in [0.2, 0.25) is 0 Å². The predicted octanol–water partition coefficient (Wildman–Crippen LogP) is 6.00. The number of halogens is 5. The molecule has 0 radical (unpaired) electrons. The van der Waals surface area contributed by atoms with Gasteiger partial charge in [-0.3, -0.25) is 9.78 Å². The molecule has 0 aliphatic rings. The van der Waals surface area contributed by atoms with Crippen molar-refractivity contribution in [3.63, 3.8) is 0 Å². The van der Waals surface area contributed by atoms with Crippen LogP contribution in [0.15, 0.2) is 53.5 Å². The average Bonchev–Trinajstić information content (AvgIpc) is 2.73. The molecule has 4 aromatic rings. The van der Waals surface area contributed by atoms with Gasteiger partial charge in [0.1, 0.15) is 17.3 Å². The summed E-state index contributed by atoms with van der Waals surface area (Å²) in [4.78, 5) is 19.0. The van der Waals surface area contributed by atoms with E-state index in [2.05, 4.69) is 9.97 Å². The normalized spacial score (nSPS) is 11.1. The molecule has 31 heavy (non-hydrogen) atoms. The Hall–Kier alpha value is -3.70. The predicted molar refractivity (Wildman–Crippen MR) is 108 cm³/mol. The molecular weight excluding hydrogens is 434 g/mol. The maximum absolute atomic E-state index is 15.2. The molecular formula is C22H10ClF4N3O. The molecule has 4 rings (SSSR count). The van der Waals surface area contributed by atoms with Crippen molar-refractivity contribution >= 4 is 22.5 Å². The van der Waals surface area contributed by atoms with E-state index in [1.54, 1.807) is 0 Å². The van der Waals surface area contributed by atoms with Crippen LogP contribution >= 0.6 is 11.6 Å². The number of pyridine rings is 2. The Morgan fingerprint density at radius 1 is 1.10 bits per heavy atom. The maximum Gasteiger partial charge on any atom is 0.280 e. The SMILES string of the molecule is N#Cc1ccc(Cl)c(-c2cc(=O)c3c(F)c(-c4ccc(C(F)F)nc4)c(F)cc3[nH]2)c1. The van der Waals surface area contributed by atoms with Crippen molar-refractivity contribution in [1.29, 1.82) is 5.26 Å². The lowest BCUT2D eigenvalue weighted by molar-refractivity contribution is 0.146. The molecule has 9 heteroatoms. The first-order valence-electron chi connectivity index (χ1n) is 8.79. The second-order valence-corrected chi connectivity index (χ2v) is 7.00. The van der Waals surface area contributed by atoms with Gasteiger partial charge in [-0.15, -0.1) is 0 Å². The number of nitriles is 1. The van der Waals surface area contributed by atoms with Crippen LogP contribution < -0.4 is 5.43 Å². The average molecular weight is 444 g/mol. The van der Waals surface area contributed by atoms with E-state index in [9.17, 15) is 18.0 Å². The Morgan fingerprint density at radius 2 is 1.87 bits per heavy atom. The van der Waals surface area contributed by atoms with Gasteiger partial charge >= 0.3 is 0 Å². The quantitative estimate of drug-likeness (QED) is 0.395. The van der Waals surface area contributed by atoms with Gasteiger partial charge in [-0.2, -0.15) is 5.26 Å². The van der Waals surface area contributed by atoms with Crippen molar-refractivity contribution < 1.29 is 17.6 Å². The first-order valence-corrected chi connectivity index (χ1v) is 9.17. The van der Waals surface area contributed by atoms with Gasteiger partial charge in [-0.25, -0.2) is 17.6 Å². The van der Waals surface area contributed by atoms with Crippen molar-refractivity contribution in [2.24, 2.45) is 0 Å². The minimum atomic E-state index is -2.83. The summed E-state index contributed by atoms with van der Waals surface area (Å²) in [7, 11) is 0. The second kappa shape index (κ2) is 7.85. The number of alkyl halides is 2. The van der Waals surface area contributed by atoms with E-state index in [1.165, 1.54) is 18.2 Å². The van der Waals surface area contributed by atoms with Crippen LogP contribution in [0.1, 0.15) is 17.7 Å². The summed E-state index contributed by atoms with van der Waals surface area (Å²) >= 11 is 6.15. The van der Waals surface area contributed by atoms with E-state index in [4.69, 9.17) is 16.9 Å². The highest BCUT2D eigenvalue weighted by Crippen LogP contribution is 2.33. The lowest BCUT2D eigenvalue weighted by Gasteiger charge is -2.11. The molecule has 0 saturated carbocycles. The van der Waals surface area contributed by atoms with Gasteiger partial charge in [0.05, 0.1) is 33.8 Å². The molecule has 0 fully saturated rings. The zero-order valence-electron chi connectivity index (χ0n) is 15.4. The summed E-state index contributed by atoms with van der Waals surface area (Å²) in [6, 6.07) is 10.4. The number of nitrogens with one attached hydrogen (secondary N) is 1. The van der Waals surface area contributed by atoms with Gasteiger partial charge in [-0.05, 0) is 30.3 Å². The van der Waals surface area contributed by atoms with Crippen molar-refractivity contribution in [3.8, 4) is 28.5 Å². The third-order valence-corrected chi connectivity index (χ3v) is 5.02. The molecule has 0 unspecified atom stereocenters. The van der Waals surface area contributed by atoms with Crippen molar-refractivity contribution in [3.05, 3.63) is 86.8 Å². The lowest BCUT2D eigenvalue weighted by atomic mass is 10.0. The molecule has 0 saturated heterocycles. The number of nitrogens with zero attached hydrogens (tertiary/aromatic N) is 2. The zero-order valence-corrected chi connectivity index (χ0v) is 16.1. The van der Waals surface area contributed by atoms with Crippen LogP contribution in [-0.4, -0.2) is 9.97 Å². The Morgan fingerprint density at radius 3 is 2.52 bits per heavy atom. The molecule has 2 aromatic heterocycles. The van der Waals surface area contributed by atoms with E-state index >= 15 is 4.39 Å². The van der Waals surface area contributed by atoms with E-state index in [0.29, 0.717) is 5.56 Å². The third kappa shape index (κ3) is 3.64. The van der Waals surface area contributed by atoms with Crippen LogP contribution in [-0.2, 0) is 0 Å². The first kappa shape index (κ1) is 20.6. The summed E-state index contributed by atoms with van der Waals surface area (Å²) in [5.41, 5.74) is -1.28. The fourth-order valence-electron chi connectivity index (χ4n) is 3.24. The van der Waals surface area contributed by atoms with E-state index in [0.717, 1.165) is 30.5 Å². The van der Waals surface area contributed by atoms with Crippen molar-refractivity contribution in [1.82, 2.24) is 9.97 Å². The molecule has 154 valence electrons. The van der Waals surface area contributed by atoms with Gasteiger partial charge in [0, 0.05) is 28.4 Å². The molecule has 2 heterocycles. The Balaban J connectivity index is 1.92. The number of hydrogen-bond donors (Lipinski definition) is 1. The number of benzene rings is 2. The van der Waals surface area contributed by atoms with Crippen molar-refractivity contribution in [2.75, 3.05) is 0 Å². The van der Waals surface area contributed by atoms with Gasteiger partial charge in [-0.1, -0.05) is 17.7 Å². The summed E-state index contributed by atoms with van der Waals surface area (Å²) in [5, 5.41) is 8.90. The number of aromatic amines is 1. The summed E-state index contributed by atoms with van der Waals surface area (Å²) < 4.78 is 55.3. The van der Waals surface area contributed by atoms with Crippen LogP contribution in [0.2, 0.25) is 5.02 Å². The number of aromatic nitrogens is 2. The van der Waals surface area contributed by atoms with Crippen LogP contribution in [0.5, 0.6) is 0 Å². The Bertz CT molecular complexity index is 1430. The number of fused-ring (bicyclic) bond motifs is 1. The topological polar surface area (TPSA) is 69.5 Å². The number of rotatable bonds is 3. The molecule has 2 aromatic carbocycles. The zero-order chi connectivity index (χ0) is 22.3. The largest absolute Gasteiger partial charge is 0.354 e. The molecule has 0 amide bonds. The van der Waals surface area contributed by atoms with Gasteiger partial charge in [0.25, 0.3) is 6.43 Å². The van der Waals surface area contributed by atoms with Crippen LogP contribution in [0.4, 0.5) is 17.6 Å². The van der Waals surface area contributed by atoms with Crippen LogP contribution in [0.3, 0.4) is 0 Å². The number of H-pyrrole nitrogens is 1. The first-order chi connectivity index (χ1) is 14.8. The summed E-state index contributed by atoms with van der Waals surface area (Å²) in [6.45, 7) is 0. The number of hydrogen-bond acceptors (Lipinski definition) is 3. The lowest BCUT2D eigenvalue weighted by Crippen LogP contribution is -2.08. The molecule has 4 nitrogen and oxygen atoms in total. The minimum absolute atomic E-state index is 0.0884. The fraction of sp³-hybridized carbons (Fsp3) is 0.0455. The highest BCUT2D eigenvalue weighted by atomic mass is 35.5. The van der Waals surface area contributed by atoms with E-state index < -0.39 is 40.1 Å². The highest BCUT2D eigenvalue weighted by molar-refractivity contribution is 6.33. The molecule has 0 aliphatic carbocycles. The molecule has 0 atom stereocenters. The summed E-state index contributed by atoms with van der Waals surface area (Å²) in [5.74, 6) is -2.16. The standard InChI is InChI=1S/C22H10ClF4N3O/c23-13-3-1-10(8-28)5-12(13)16-7-18(31)20-17(30-16)6-14(24)19(21(20)25)11-2-4-15(22(26)27)29-9-11/h1-7,9,22H,(H,30,31). The molecule has 0 aliphatic heterocycles. The third-order valence-electron chi connectivity index (χ3n) is 4.69. The minimum Gasteiger partial charge on any atom is -0.354 e. The highest BCUT2D eigenvalue weighted by Gasteiger charge is 2.20. The van der Waals surface area contributed by atoms with Gasteiger partial charge < -0.3 is 4.98 Å². The fourth-order valence-corrected chi connectivity index (χ4v) is 3.46. The van der Waals surface area contributed by atoms with Crippen molar-refractivity contribution in [2.45, 2.75) is 6.43 Å². The second-order valence-electron chi connectivity index (χ2n) is 6.60. The van der Waals surface area contributed by atoms with Gasteiger partial charge in [0.15, 0.2) is 5.43 Å². The monoisotopic (exact) mass is 443 g/mol. The maximum atomic E-state index is 15.2. The molecule has 1 N–H and O–H groups in total. The van der Waals surface area contributed by atoms with Crippen LogP contribution in [0, 0.1) is 23.0 Å². The Labute approximate surface area is 177 Å².